The molecule has 1 aliphatic carbocycles. The number of amides is 4. The monoisotopic (exact) mass is 731 g/mol. The van der Waals surface area contributed by atoms with Crippen LogP contribution in [-0.4, -0.2) is 72.5 Å². The molecule has 1 saturated carbocycles. The molecule has 0 unspecified atom stereocenters. The first kappa shape index (κ1) is 34.9. The Morgan fingerprint density at radius 2 is 1.65 bits per heavy atom. The molecule has 2 saturated heterocycles. The van der Waals surface area contributed by atoms with Gasteiger partial charge in [-0.1, -0.05) is 71.2 Å². The summed E-state index contributed by atoms with van der Waals surface area (Å²) in [4.78, 5) is 55.5. The first-order valence-corrected chi connectivity index (χ1v) is 18.4. The minimum atomic E-state index is -1.17. The van der Waals surface area contributed by atoms with Crippen LogP contribution in [0.5, 0.6) is 5.75 Å². The van der Waals surface area contributed by atoms with Crippen molar-refractivity contribution in [3.8, 4) is 5.75 Å². The predicted molar refractivity (Wildman–Crippen MR) is 192 cm³/mol. The summed E-state index contributed by atoms with van der Waals surface area (Å²) < 4.78 is 6.61. The van der Waals surface area contributed by atoms with E-state index in [2.05, 4.69) is 37.2 Å². The van der Waals surface area contributed by atoms with Gasteiger partial charge in [0.1, 0.15) is 17.3 Å². The third-order valence-corrected chi connectivity index (χ3v) is 10.8. The fraction of sp³-hybridized carbons (Fsp3) is 0.474. The molecule has 4 N–H and O–H groups in total. The zero-order chi connectivity index (χ0) is 34.2. The van der Waals surface area contributed by atoms with Gasteiger partial charge in [-0.05, 0) is 98.0 Å². The van der Waals surface area contributed by atoms with Crippen molar-refractivity contribution in [1.82, 2.24) is 26.2 Å². The fourth-order valence-corrected chi connectivity index (χ4v) is 7.79. The maximum atomic E-state index is 14.0. The normalized spacial score (nSPS) is 19.7. The van der Waals surface area contributed by atoms with Crippen molar-refractivity contribution in [2.24, 2.45) is 5.92 Å². The molecule has 3 aliphatic rings. The van der Waals surface area contributed by atoms with Crippen LogP contribution in [0, 0.1) is 5.92 Å². The first-order valence-electron chi connectivity index (χ1n) is 17.6. The number of nitrogens with one attached hydrogen (secondary N) is 4. The highest BCUT2D eigenvalue weighted by Gasteiger charge is 2.44. The third-order valence-electron chi connectivity index (χ3n) is 10.3. The Hall–Kier alpha value is -3.96. The van der Waals surface area contributed by atoms with Crippen LogP contribution < -0.4 is 26.0 Å². The Morgan fingerprint density at radius 1 is 0.918 bits per heavy atom. The zero-order valence-electron chi connectivity index (χ0n) is 27.8. The summed E-state index contributed by atoms with van der Waals surface area (Å²) in [5.41, 5.74) is -0.249. The van der Waals surface area contributed by atoms with Crippen LogP contribution in [-0.2, 0) is 20.8 Å². The smallest absolute Gasteiger partial charge is 0.410 e. The van der Waals surface area contributed by atoms with Crippen molar-refractivity contribution < 1.29 is 23.9 Å². The molecule has 6 rings (SSSR count). The van der Waals surface area contributed by atoms with Gasteiger partial charge in [0.15, 0.2) is 0 Å². The number of carbonyl (C=O) groups is 4. The lowest BCUT2D eigenvalue weighted by Crippen LogP contribution is -2.61. The van der Waals surface area contributed by atoms with Gasteiger partial charge in [0.25, 0.3) is 0 Å². The third kappa shape index (κ3) is 8.99. The Morgan fingerprint density at radius 3 is 2.39 bits per heavy atom. The van der Waals surface area contributed by atoms with Crippen LogP contribution in [0.15, 0.2) is 71.2 Å². The average Bonchev–Trinajstić information content (AvgIpc) is 3.82. The SMILES string of the molecule is O=C(NC1(C(=O)N[C@H](Cc2ccccc2)C(=O)NCCC2CCN(C(=O)[C@H]3CCCN3)CC2)CCCC1)Oc1ccc2cc(Br)ccc2c1. The number of benzene rings is 3. The molecule has 0 radical (unpaired) electrons. The van der Waals surface area contributed by atoms with Gasteiger partial charge in [0.05, 0.1) is 6.04 Å². The molecule has 0 spiro atoms. The predicted octanol–water partition coefficient (Wildman–Crippen LogP) is 5.23. The number of rotatable bonds is 11. The number of hydrogen-bond donors (Lipinski definition) is 4. The van der Waals surface area contributed by atoms with E-state index < -0.39 is 17.7 Å². The Kier molecular flexibility index (Phi) is 11.5. The Labute approximate surface area is 296 Å². The van der Waals surface area contributed by atoms with Crippen molar-refractivity contribution in [2.45, 2.75) is 81.8 Å². The maximum absolute atomic E-state index is 14.0. The Bertz CT molecular complexity index is 1630. The highest BCUT2D eigenvalue weighted by molar-refractivity contribution is 9.10. The van der Waals surface area contributed by atoms with E-state index in [1.54, 1.807) is 12.1 Å². The highest BCUT2D eigenvalue weighted by atomic mass is 79.9. The molecule has 49 heavy (non-hydrogen) atoms. The van der Waals surface area contributed by atoms with Crippen LogP contribution >= 0.6 is 15.9 Å². The van der Waals surface area contributed by atoms with Gasteiger partial charge < -0.3 is 30.9 Å². The number of piperidine rings is 1. The minimum Gasteiger partial charge on any atom is -0.410 e. The van der Waals surface area contributed by atoms with Gasteiger partial charge in [-0.25, -0.2) is 4.79 Å². The zero-order valence-corrected chi connectivity index (χ0v) is 29.4. The van der Waals surface area contributed by atoms with Crippen molar-refractivity contribution >= 4 is 50.5 Å². The molecule has 4 amide bonds. The van der Waals surface area contributed by atoms with E-state index in [0.717, 1.165) is 85.4 Å². The standard InChI is InChI=1S/C38H46BrN5O5/c39-30-12-10-29-25-31(13-11-28(29)24-30)49-37(48)43-38(17-4-5-18-38)36(47)42-33(23-27-7-2-1-3-8-27)34(45)41-20-14-26-15-21-44(22-16-26)35(46)32-9-6-19-40-32/h1-3,7-8,10-13,24-26,32-33,40H,4-6,9,14-23H2,(H,41,45)(H,42,47)(H,43,48)/t32-,33-/m1/s1. The summed E-state index contributed by atoms with van der Waals surface area (Å²) in [5, 5.41) is 14.2. The van der Waals surface area contributed by atoms with Gasteiger partial charge in [-0.3, -0.25) is 14.4 Å². The first-order chi connectivity index (χ1) is 23.8. The molecule has 260 valence electrons. The molecule has 0 bridgehead atoms. The van der Waals surface area contributed by atoms with E-state index >= 15 is 0 Å². The minimum absolute atomic E-state index is 0.0375. The quantitative estimate of drug-likeness (QED) is 0.214. The molecular formula is C38H46BrN5O5. The number of fused-ring (bicyclic) bond motifs is 1. The second-order valence-corrected chi connectivity index (χ2v) is 14.6. The van der Waals surface area contributed by atoms with Crippen molar-refractivity contribution in [3.63, 3.8) is 0 Å². The molecule has 0 aromatic heterocycles. The molecule has 10 nitrogen and oxygen atoms in total. The van der Waals surface area contributed by atoms with E-state index in [4.69, 9.17) is 4.74 Å². The summed E-state index contributed by atoms with van der Waals surface area (Å²) in [6.45, 7) is 2.89. The van der Waals surface area contributed by atoms with Gasteiger partial charge in [0.2, 0.25) is 17.7 Å². The molecule has 3 aromatic rings. The maximum Gasteiger partial charge on any atom is 0.413 e. The van der Waals surface area contributed by atoms with E-state index in [0.29, 0.717) is 37.5 Å². The largest absolute Gasteiger partial charge is 0.413 e. The lowest BCUT2D eigenvalue weighted by atomic mass is 9.93. The molecular weight excluding hydrogens is 686 g/mol. The summed E-state index contributed by atoms with van der Waals surface area (Å²) >= 11 is 3.48. The van der Waals surface area contributed by atoms with E-state index in [1.165, 1.54) is 0 Å². The molecule has 2 heterocycles. The number of ether oxygens (including phenoxy) is 1. The van der Waals surface area contributed by atoms with Crippen molar-refractivity contribution in [2.75, 3.05) is 26.2 Å². The molecule has 3 fully saturated rings. The molecule has 3 aromatic carbocycles. The number of carbonyl (C=O) groups excluding carboxylic acids is 4. The lowest BCUT2D eigenvalue weighted by Gasteiger charge is -2.33. The second-order valence-electron chi connectivity index (χ2n) is 13.7. The summed E-state index contributed by atoms with van der Waals surface area (Å²) in [6, 6.07) is 20.0. The average molecular weight is 733 g/mol. The van der Waals surface area contributed by atoms with E-state index in [1.807, 2.05) is 59.5 Å². The summed E-state index contributed by atoms with van der Waals surface area (Å²) in [7, 11) is 0. The number of nitrogens with zero attached hydrogens (tertiary/aromatic N) is 1. The van der Waals surface area contributed by atoms with Crippen LogP contribution in [0.4, 0.5) is 4.79 Å². The topological polar surface area (TPSA) is 129 Å². The summed E-state index contributed by atoms with van der Waals surface area (Å²) in [6.07, 6.45) is 6.68. The van der Waals surface area contributed by atoms with Gasteiger partial charge in [-0.2, -0.15) is 0 Å². The highest BCUT2D eigenvalue weighted by Crippen LogP contribution is 2.31. The van der Waals surface area contributed by atoms with Crippen LogP contribution in [0.25, 0.3) is 10.8 Å². The second kappa shape index (κ2) is 16.2. The number of likely N-dealkylation sites (tertiary alicyclic amines) is 1. The number of halogens is 1. The van der Waals surface area contributed by atoms with Crippen LogP contribution in [0.3, 0.4) is 0 Å². The fourth-order valence-electron chi connectivity index (χ4n) is 7.41. The van der Waals surface area contributed by atoms with Crippen molar-refractivity contribution in [3.05, 3.63) is 76.8 Å². The van der Waals surface area contributed by atoms with E-state index in [-0.39, 0.29) is 23.8 Å². The van der Waals surface area contributed by atoms with Gasteiger partial charge in [-0.15, -0.1) is 0 Å². The van der Waals surface area contributed by atoms with Gasteiger partial charge >= 0.3 is 6.09 Å². The lowest BCUT2D eigenvalue weighted by molar-refractivity contribution is -0.134. The van der Waals surface area contributed by atoms with E-state index in [9.17, 15) is 19.2 Å². The van der Waals surface area contributed by atoms with Gasteiger partial charge in [0, 0.05) is 30.5 Å². The Balaban J connectivity index is 1.05. The van der Waals surface area contributed by atoms with Crippen molar-refractivity contribution in [1.29, 1.82) is 0 Å². The molecule has 2 aliphatic heterocycles. The van der Waals surface area contributed by atoms with Crippen LogP contribution in [0.2, 0.25) is 0 Å². The van der Waals surface area contributed by atoms with Crippen LogP contribution in [0.1, 0.15) is 63.4 Å². The number of hydrogen-bond acceptors (Lipinski definition) is 6. The summed E-state index contributed by atoms with van der Waals surface area (Å²) in [5.74, 6) is 0.384. The molecule has 11 heteroatoms. The molecule has 2 atom stereocenters.